The third-order valence-corrected chi connectivity index (χ3v) is 4.37. The number of hydrogen-bond acceptors (Lipinski definition) is 2. The molecule has 0 aromatic heterocycles. The Morgan fingerprint density at radius 3 is 1.47 bits per heavy atom. The standard InChI is InChI=1S/C8H17N.C7H15N/c1-7(2)8-3-5-9-6-4-8;1-6(2)7-3-4-8-5-7/h7-9H,3-6H2,1-2H3;6-8H,3-5H2,1-2H3. The molecule has 2 aliphatic rings. The predicted molar refractivity (Wildman–Crippen MR) is 76.2 cm³/mol. The van der Waals surface area contributed by atoms with Crippen LogP contribution in [0, 0.1) is 23.7 Å². The van der Waals surface area contributed by atoms with Crippen LogP contribution in [0.15, 0.2) is 0 Å². The predicted octanol–water partition coefficient (Wildman–Crippen LogP) is 2.89. The molecule has 0 amide bonds. The molecule has 1 atom stereocenters. The van der Waals surface area contributed by atoms with Gasteiger partial charge in [-0.2, -0.15) is 0 Å². The number of hydrogen-bond donors (Lipinski definition) is 2. The molecule has 17 heavy (non-hydrogen) atoms. The topological polar surface area (TPSA) is 24.1 Å². The van der Waals surface area contributed by atoms with Gasteiger partial charge in [0.2, 0.25) is 0 Å². The van der Waals surface area contributed by atoms with Gasteiger partial charge in [0.25, 0.3) is 0 Å². The van der Waals surface area contributed by atoms with Gasteiger partial charge in [-0.1, -0.05) is 27.7 Å². The van der Waals surface area contributed by atoms with E-state index in [1.54, 1.807) is 0 Å². The Morgan fingerprint density at radius 2 is 1.18 bits per heavy atom. The first kappa shape index (κ1) is 15.0. The van der Waals surface area contributed by atoms with Crippen LogP contribution in [0.5, 0.6) is 0 Å². The van der Waals surface area contributed by atoms with Crippen molar-refractivity contribution in [1.29, 1.82) is 0 Å². The lowest BCUT2D eigenvalue weighted by Crippen LogP contribution is -2.29. The quantitative estimate of drug-likeness (QED) is 0.775. The van der Waals surface area contributed by atoms with Gasteiger partial charge in [-0.15, -0.1) is 0 Å². The molecule has 0 spiro atoms. The number of nitrogens with one attached hydrogen (secondary N) is 2. The van der Waals surface area contributed by atoms with Gasteiger partial charge in [0.05, 0.1) is 0 Å². The minimum absolute atomic E-state index is 0.880. The maximum Gasteiger partial charge on any atom is -0.00176 e. The summed E-state index contributed by atoms with van der Waals surface area (Å²) in [4.78, 5) is 0. The molecule has 2 heterocycles. The van der Waals surface area contributed by atoms with Crippen molar-refractivity contribution >= 4 is 0 Å². The number of rotatable bonds is 2. The molecule has 0 saturated carbocycles. The summed E-state index contributed by atoms with van der Waals surface area (Å²) in [7, 11) is 0. The Morgan fingerprint density at radius 1 is 0.706 bits per heavy atom. The van der Waals surface area contributed by atoms with Crippen molar-refractivity contribution in [3.63, 3.8) is 0 Å². The maximum atomic E-state index is 3.37. The highest BCUT2D eigenvalue weighted by Crippen LogP contribution is 2.20. The first-order valence-corrected chi connectivity index (χ1v) is 7.52. The summed E-state index contributed by atoms with van der Waals surface area (Å²) in [6.45, 7) is 14.2. The van der Waals surface area contributed by atoms with Crippen LogP contribution in [0.25, 0.3) is 0 Å². The molecule has 0 aromatic carbocycles. The van der Waals surface area contributed by atoms with E-state index in [2.05, 4.69) is 38.3 Å². The van der Waals surface area contributed by atoms with Crippen LogP contribution in [0.2, 0.25) is 0 Å². The molecular formula is C15H32N2. The van der Waals surface area contributed by atoms with E-state index in [-0.39, 0.29) is 0 Å². The molecule has 0 aromatic rings. The summed E-state index contributed by atoms with van der Waals surface area (Å²) < 4.78 is 0. The normalized spacial score (nSPS) is 26.1. The molecule has 2 fully saturated rings. The van der Waals surface area contributed by atoms with Gasteiger partial charge in [0.15, 0.2) is 0 Å². The fraction of sp³-hybridized carbons (Fsp3) is 1.00. The summed E-state index contributed by atoms with van der Waals surface area (Å²) in [6, 6.07) is 0. The smallest absolute Gasteiger partial charge is 0.00176 e. The molecule has 1 unspecified atom stereocenters. The molecule has 2 saturated heterocycles. The average molecular weight is 240 g/mol. The van der Waals surface area contributed by atoms with Crippen LogP contribution in [-0.2, 0) is 0 Å². The zero-order valence-corrected chi connectivity index (χ0v) is 12.3. The Labute approximate surface area is 108 Å². The van der Waals surface area contributed by atoms with Crippen LogP contribution in [0.3, 0.4) is 0 Å². The van der Waals surface area contributed by atoms with Gasteiger partial charge in [0.1, 0.15) is 0 Å². The van der Waals surface area contributed by atoms with Crippen molar-refractivity contribution in [2.45, 2.75) is 47.0 Å². The van der Waals surface area contributed by atoms with E-state index in [0.29, 0.717) is 0 Å². The van der Waals surface area contributed by atoms with Crippen molar-refractivity contribution < 1.29 is 0 Å². The zero-order chi connectivity index (χ0) is 12.7. The highest BCUT2D eigenvalue weighted by atomic mass is 14.9. The largest absolute Gasteiger partial charge is 0.317 e. The Bertz CT molecular complexity index is 177. The second kappa shape index (κ2) is 8.10. The summed E-state index contributed by atoms with van der Waals surface area (Å²) >= 11 is 0. The van der Waals surface area contributed by atoms with Crippen LogP contribution >= 0.6 is 0 Å². The lowest BCUT2D eigenvalue weighted by atomic mass is 9.87. The van der Waals surface area contributed by atoms with E-state index in [1.165, 1.54) is 45.4 Å². The van der Waals surface area contributed by atoms with Crippen molar-refractivity contribution in [3.8, 4) is 0 Å². The van der Waals surface area contributed by atoms with Gasteiger partial charge >= 0.3 is 0 Å². The molecular weight excluding hydrogens is 208 g/mol. The number of piperidine rings is 1. The van der Waals surface area contributed by atoms with E-state index in [4.69, 9.17) is 0 Å². The van der Waals surface area contributed by atoms with E-state index >= 15 is 0 Å². The van der Waals surface area contributed by atoms with Gasteiger partial charge in [-0.05, 0) is 69.1 Å². The fourth-order valence-corrected chi connectivity index (χ4v) is 2.76. The second-order valence-electron chi connectivity index (χ2n) is 6.33. The van der Waals surface area contributed by atoms with Crippen molar-refractivity contribution in [2.75, 3.05) is 26.2 Å². The molecule has 2 rings (SSSR count). The highest BCUT2D eigenvalue weighted by molar-refractivity contribution is 4.73. The van der Waals surface area contributed by atoms with Crippen LogP contribution < -0.4 is 10.6 Å². The first-order chi connectivity index (χ1) is 8.11. The molecule has 2 heteroatoms. The molecule has 0 bridgehead atoms. The third-order valence-electron chi connectivity index (χ3n) is 4.37. The van der Waals surface area contributed by atoms with E-state index in [9.17, 15) is 0 Å². The average Bonchev–Trinajstić information content (AvgIpc) is 2.84. The SMILES string of the molecule is CC(C)C1CCNC1.CC(C)C1CCNCC1. The molecule has 0 radical (unpaired) electrons. The summed E-state index contributed by atoms with van der Waals surface area (Å²) in [5.74, 6) is 3.72. The Kier molecular flexibility index (Phi) is 7.14. The minimum Gasteiger partial charge on any atom is -0.317 e. The van der Waals surface area contributed by atoms with Gasteiger partial charge in [-0.25, -0.2) is 0 Å². The van der Waals surface area contributed by atoms with Crippen molar-refractivity contribution in [3.05, 3.63) is 0 Å². The molecule has 2 N–H and O–H groups in total. The molecule has 2 nitrogen and oxygen atoms in total. The van der Waals surface area contributed by atoms with E-state index in [1.807, 2.05) is 0 Å². The van der Waals surface area contributed by atoms with Crippen LogP contribution in [0.1, 0.15) is 47.0 Å². The van der Waals surface area contributed by atoms with Gasteiger partial charge in [-0.3, -0.25) is 0 Å². The van der Waals surface area contributed by atoms with Crippen molar-refractivity contribution in [2.24, 2.45) is 23.7 Å². The Balaban J connectivity index is 0.000000171. The minimum atomic E-state index is 0.880. The highest BCUT2D eigenvalue weighted by Gasteiger charge is 2.17. The Hall–Kier alpha value is -0.0800. The summed E-state index contributed by atoms with van der Waals surface area (Å²) in [5.41, 5.74) is 0. The van der Waals surface area contributed by atoms with E-state index < -0.39 is 0 Å². The van der Waals surface area contributed by atoms with E-state index in [0.717, 1.165) is 23.7 Å². The molecule has 2 aliphatic heterocycles. The lowest BCUT2D eigenvalue weighted by molar-refractivity contribution is 0.292. The monoisotopic (exact) mass is 240 g/mol. The second-order valence-corrected chi connectivity index (χ2v) is 6.33. The molecule has 102 valence electrons. The van der Waals surface area contributed by atoms with Crippen LogP contribution in [0.4, 0.5) is 0 Å². The van der Waals surface area contributed by atoms with Gasteiger partial charge in [0, 0.05) is 0 Å². The first-order valence-electron chi connectivity index (χ1n) is 7.52. The van der Waals surface area contributed by atoms with Gasteiger partial charge < -0.3 is 10.6 Å². The molecule has 0 aliphatic carbocycles. The summed E-state index contributed by atoms with van der Waals surface area (Å²) in [6.07, 6.45) is 4.16. The lowest BCUT2D eigenvalue weighted by Gasteiger charge is -2.25. The van der Waals surface area contributed by atoms with Crippen molar-refractivity contribution in [1.82, 2.24) is 10.6 Å². The summed E-state index contributed by atoms with van der Waals surface area (Å²) in [5, 5.41) is 6.72. The third kappa shape index (κ3) is 5.87. The fourth-order valence-electron chi connectivity index (χ4n) is 2.76. The van der Waals surface area contributed by atoms with Crippen LogP contribution in [-0.4, -0.2) is 26.2 Å². The maximum absolute atomic E-state index is 3.37. The zero-order valence-electron chi connectivity index (χ0n) is 12.3.